The number of aliphatic carboxylic acids is 1. The van der Waals surface area contributed by atoms with E-state index in [0.717, 1.165) is 48.6 Å². The van der Waals surface area contributed by atoms with Crippen molar-refractivity contribution in [1.29, 1.82) is 0 Å². The Balaban J connectivity index is 1.50. The average Bonchev–Trinajstić information content (AvgIpc) is 3.34. The predicted octanol–water partition coefficient (Wildman–Crippen LogP) is 5.91. The van der Waals surface area contributed by atoms with Crippen molar-refractivity contribution in [2.24, 2.45) is 5.92 Å². The van der Waals surface area contributed by atoms with Gasteiger partial charge in [0.05, 0.1) is 16.5 Å². The van der Waals surface area contributed by atoms with Gasteiger partial charge in [-0.15, -0.1) is 10.2 Å². The third-order valence-electron chi connectivity index (χ3n) is 6.59. The highest BCUT2D eigenvalue weighted by atomic mass is 35.5. The Morgan fingerprint density at radius 1 is 1.17 bits per heavy atom. The van der Waals surface area contributed by atoms with Crippen LogP contribution < -0.4 is 4.90 Å². The molecule has 0 spiro atoms. The maximum atomic E-state index is 13.3. The standard InChI is InChI=1S/C27H31ClN4O3S/c1-3-4-13-32(25(33)22-7-5-6-8-23(22)28)27-30-29-24(36-27)21-10-9-19(16-18(21)2)17-31-14-11-20(12-15-31)26(34)35/h5-10,16,20H,3-4,11-15,17H2,1-2H3,(H,34,35). The molecule has 2 heterocycles. The van der Waals surface area contributed by atoms with E-state index in [1.54, 1.807) is 17.0 Å². The van der Waals surface area contributed by atoms with Gasteiger partial charge >= 0.3 is 5.97 Å². The molecule has 1 aliphatic rings. The van der Waals surface area contributed by atoms with E-state index in [1.807, 2.05) is 12.1 Å². The number of carboxylic acids is 1. The van der Waals surface area contributed by atoms with Gasteiger partial charge in [-0.25, -0.2) is 0 Å². The molecule has 190 valence electrons. The monoisotopic (exact) mass is 526 g/mol. The Hall–Kier alpha value is -2.81. The molecule has 0 bridgehead atoms. The van der Waals surface area contributed by atoms with Gasteiger partial charge in [0.25, 0.3) is 5.91 Å². The first kappa shape index (κ1) is 26.3. The molecule has 1 aromatic heterocycles. The zero-order valence-corrected chi connectivity index (χ0v) is 22.2. The molecule has 7 nitrogen and oxygen atoms in total. The van der Waals surface area contributed by atoms with Gasteiger partial charge in [-0.2, -0.15) is 0 Å². The zero-order valence-electron chi connectivity index (χ0n) is 20.6. The summed E-state index contributed by atoms with van der Waals surface area (Å²) >= 11 is 7.71. The molecule has 1 saturated heterocycles. The van der Waals surface area contributed by atoms with Gasteiger partial charge in [0.1, 0.15) is 5.01 Å². The van der Waals surface area contributed by atoms with Crippen molar-refractivity contribution in [3.63, 3.8) is 0 Å². The molecular weight excluding hydrogens is 496 g/mol. The Morgan fingerprint density at radius 2 is 1.92 bits per heavy atom. The van der Waals surface area contributed by atoms with Crippen LogP contribution in [0.1, 0.15) is 54.1 Å². The summed E-state index contributed by atoms with van der Waals surface area (Å²) in [5.41, 5.74) is 3.73. The van der Waals surface area contributed by atoms with E-state index in [1.165, 1.54) is 16.9 Å². The van der Waals surface area contributed by atoms with E-state index >= 15 is 0 Å². The first-order chi connectivity index (χ1) is 17.4. The van der Waals surface area contributed by atoms with Crippen LogP contribution in [0.25, 0.3) is 10.6 Å². The van der Waals surface area contributed by atoms with E-state index in [9.17, 15) is 14.7 Å². The molecule has 2 aromatic carbocycles. The maximum Gasteiger partial charge on any atom is 0.306 e. The molecule has 1 aliphatic heterocycles. The van der Waals surface area contributed by atoms with Crippen LogP contribution in [0.15, 0.2) is 42.5 Å². The van der Waals surface area contributed by atoms with Gasteiger partial charge in [-0.3, -0.25) is 19.4 Å². The lowest BCUT2D eigenvalue weighted by atomic mass is 9.96. The molecule has 0 radical (unpaired) electrons. The van der Waals surface area contributed by atoms with Crippen molar-refractivity contribution in [2.75, 3.05) is 24.5 Å². The highest BCUT2D eigenvalue weighted by Crippen LogP contribution is 2.33. The van der Waals surface area contributed by atoms with E-state index < -0.39 is 5.97 Å². The number of halogens is 1. The molecule has 9 heteroatoms. The van der Waals surface area contributed by atoms with E-state index in [-0.39, 0.29) is 11.8 Å². The summed E-state index contributed by atoms with van der Waals surface area (Å²) in [5.74, 6) is -1.08. The average molecular weight is 527 g/mol. The van der Waals surface area contributed by atoms with Gasteiger partial charge in [0.2, 0.25) is 5.13 Å². The third-order valence-corrected chi connectivity index (χ3v) is 7.90. The number of aromatic nitrogens is 2. The van der Waals surface area contributed by atoms with E-state index in [2.05, 4.69) is 47.1 Å². The highest BCUT2D eigenvalue weighted by molar-refractivity contribution is 7.18. The van der Waals surface area contributed by atoms with Crippen molar-refractivity contribution in [3.8, 4) is 10.6 Å². The van der Waals surface area contributed by atoms with Crippen LogP contribution in [0.2, 0.25) is 5.02 Å². The van der Waals surface area contributed by atoms with Crippen LogP contribution >= 0.6 is 22.9 Å². The fraction of sp³-hybridized carbons (Fsp3) is 0.407. The zero-order chi connectivity index (χ0) is 25.7. The number of carboxylic acid groups (broad SMARTS) is 1. The summed E-state index contributed by atoms with van der Waals surface area (Å²) < 4.78 is 0. The fourth-order valence-corrected chi connectivity index (χ4v) is 5.65. The Kier molecular flexibility index (Phi) is 8.72. The number of likely N-dealkylation sites (tertiary alicyclic amines) is 1. The topological polar surface area (TPSA) is 86.6 Å². The number of piperidine rings is 1. The molecule has 0 saturated carbocycles. The second-order valence-corrected chi connectivity index (χ2v) is 10.6. The number of hydrogen-bond acceptors (Lipinski definition) is 6. The Bertz CT molecular complexity index is 1220. The second-order valence-electron chi connectivity index (χ2n) is 9.22. The van der Waals surface area contributed by atoms with Gasteiger partial charge in [-0.05, 0) is 62.5 Å². The summed E-state index contributed by atoms with van der Waals surface area (Å²) in [4.78, 5) is 28.5. The fourth-order valence-electron chi connectivity index (χ4n) is 4.47. The molecule has 3 aromatic rings. The quantitative estimate of drug-likeness (QED) is 0.373. The number of unbranched alkanes of at least 4 members (excludes halogenated alkanes) is 1. The van der Waals surface area contributed by atoms with Crippen LogP contribution in [0.3, 0.4) is 0 Å². The summed E-state index contributed by atoms with van der Waals surface area (Å²) in [7, 11) is 0. The highest BCUT2D eigenvalue weighted by Gasteiger charge is 2.25. The Labute approximate surface area is 220 Å². The Morgan fingerprint density at radius 3 is 2.58 bits per heavy atom. The van der Waals surface area contributed by atoms with Crippen molar-refractivity contribution in [1.82, 2.24) is 15.1 Å². The molecule has 36 heavy (non-hydrogen) atoms. The third kappa shape index (κ3) is 6.11. The van der Waals surface area contributed by atoms with Gasteiger partial charge in [-0.1, -0.05) is 66.6 Å². The minimum atomic E-state index is -0.687. The summed E-state index contributed by atoms with van der Waals surface area (Å²) in [6.07, 6.45) is 3.19. The van der Waals surface area contributed by atoms with Crippen LogP contribution in [-0.4, -0.2) is 51.7 Å². The summed E-state index contributed by atoms with van der Waals surface area (Å²) in [5, 5.41) is 19.8. The van der Waals surface area contributed by atoms with E-state index in [4.69, 9.17) is 11.6 Å². The molecule has 1 fully saturated rings. The normalized spacial score (nSPS) is 14.6. The molecule has 0 atom stereocenters. The molecular formula is C27H31ClN4O3S. The van der Waals surface area contributed by atoms with Crippen molar-refractivity contribution >= 4 is 39.9 Å². The van der Waals surface area contributed by atoms with Gasteiger partial charge in [0, 0.05) is 18.7 Å². The number of aryl methyl sites for hydroxylation is 1. The smallest absolute Gasteiger partial charge is 0.306 e. The van der Waals surface area contributed by atoms with Crippen LogP contribution in [0.5, 0.6) is 0 Å². The first-order valence-electron chi connectivity index (χ1n) is 12.3. The van der Waals surface area contributed by atoms with Gasteiger partial charge < -0.3 is 5.11 Å². The lowest BCUT2D eigenvalue weighted by molar-refractivity contribution is -0.143. The molecule has 0 aliphatic carbocycles. The minimum Gasteiger partial charge on any atom is -0.481 e. The molecule has 0 unspecified atom stereocenters. The van der Waals surface area contributed by atoms with Crippen LogP contribution in [0.4, 0.5) is 5.13 Å². The lowest BCUT2D eigenvalue weighted by Crippen LogP contribution is -2.35. The van der Waals surface area contributed by atoms with Crippen LogP contribution in [-0.2, 0) is 11.3 Å². The number of benzene rings is 2. The number of nitrogens with zero attached hydrogens (tertiary/aromatic N) is 4. The molecule has 4 rings (SSSR count). The largest absolute Gasteiger partial charge is 0.481 e. The number of rotatable bonds is 9. The minimum absolute atomic E-state index is 0.171. The van der Waals surface area contributed by atoms with Crippen molar-refractivity contribution in [3.05, 3.63) is 64.2 Å². The van der Waals surface area contributed by atoms with E-state index in [0.29, 0.717) is 35.1 Å². The SMILES string of the molecule is CCCCN(C(=O)c1ccccc1Cl)c1nnc(-c2ccc(CN3CCC(C(=O)O)CC3)cc2C)s1. The molecule has 1 N–H and O–H groups in total. The van der Waals surface area contributed by atoms with Crippen LogP contribution in [0, 0.1) is 12.8 Å². The van der Waals surface area contributed by atoms with Gasteiger partial charge in [0.15, 0.2) is 0 Å². The summed E-state index contributed by atoms with van der Waals surface area (Å²) in [6.45, 7) is 7.08. The number of anilines is 1. The van der Waals surface area contributed by atoms with Crippen molar-refractivity contribution < 1.29 is 14.7 Å². The second kappa shape index (κ2) is 12.0. The first-order valence-corrected chi connectivity index (χ1v) is 13.5. The summed E-state index contributed by atoms with van der Waals surface area (Å²) in [6, 6.07) is 13.4. The number of amides is 1. The maximum absolute atomic E-state index is 13.3. The number of carbonyl (C=O) groups is 2. The number of hydrogen-bond donors (Lipinski definition) is 1. The number of carbonyl (C=O) groups excluding carboxylic acids is 1. The lowest BCUT2D eigenvalue weighted by Gasteiger charge is -2.30. The van der Waals surface area contributed by atoms with Crippen molar-refractivity contribution in [2.45, 2.75) is 46.1 Å². The predicted molar refractivity (Wildman–Crippen MR) is 144 cm³/mol. The molecule has 1 amide bonds.